The third-order valence-electron chi connectivity index (χ3n) is 4.67. The van der Waals surface area contributed by atoms with Gasteiger partial charge in [0.1, 0.15) is 12.1 Å². The minimum absolute atomic E-state index is 0.0261. The number of nitrogens with one attached hydrogen (secondary N) is 1. The molecule has 1 saturated heterocycles. The maximum absolute atomic E-state index is 14.4. The Labute approximate surface area is 174 Å². The second-order valence-electron chi connectivity index (χ2n) is 6.69. The van der Waals surface area contributed by atoms with Gasteiger partial charge in [-0.15, -0.1) is 0 Å². The number of aldehydes is 1. The van der Waals surface area contributed by atoms with E-state index in [1.54, 1.807) is 4.90 Å². The molecular formula is C19H16Cl2F4N2O2. The zero-order valence-electron chi connectivity index (χ0n) is 14.8. The van der Waals surface area contributed by atoms with Crippen LogP contribution in [0.4, 0.5) is 28.9 Å². The van der Waals surface area contributed by atoms with Gasteiger partial charge in [-0.3, -0.25) is 4.90 Å². The normalized spacial score (nSPS) is 18.7. The lowest BCUT2D eigenvalue weighted by Gasteiger charge is -2.24. The van der Waals surface area contributed by atoms with Gasteiger partial charge in [-0.1, -0.05) is 23.2 Å². The monoisotopic (exact) mass is 450 g/mol. The van der Waals surface area contributed by atoms with Crippen LogP contribution < -0.4 is 5.32 Å². The summed E-state index contributed by atoms with van der Waals surface area (Å²) in [6.45, 7) is 0.662. The summed E-state index contributed by atoms with van der Waals surface area (Å²) in [5, 5.41) is 11.9. The summed E-state index contributed by atoms with van der Waals surface area (Å²) in [6.07, 6.45) is -4.14. The Morgan fingerprint density at radius 3 is 2.38 bits per heavy atom. The molecule has 156 valence electrons. The Kier molecular flexibility index (Phi) is 6.38. The molecule has 0 bridgehead atoms. The van der Waals surface area contributed by atoms with Crippen LogP contribution in [-0.2, 0) is 11.0 Å². The highest BCUT2D eigenvalue weighted by molar-refractivity contribution is 6.39. The smallest absolute Gasteiger partial charge is 0.392 e. The van der Waals surface area contributed by atoms with Crippen LogP contribution in [0.25, 0.3) is 0 Å². The highest BCUT2D eigenvalue weighted by atomic mass is 35.5. The minimum atomic E-state index is -4.60. The number of aliphatic hydroxyl groups excluding tert-OH is 1. The molecule has 0 amide bonds. The largest absolute Gasteiger partial charge is 0.416 e. The van der Waals surface area contributed by atoms with Crippen LogP contribution >= 0.6 is 23.2 Å². The van der Waals surface area contributed by atoms with Crippen LogP contribution in [0.3, 0.4) is 0 Å². The van der Waals surface area contributed by atoms with Crippen molar-refractivity contribution >= 4 is 40.9 Å². The van der Waals surface area contributed by atoms with Gasteiger partial charge in [-0.05, 0) is 36.8 Å². The lowest BCUT2D eigenvalue weighted by atomic mass is 10.0. The molecule has 29 heavy (non-hydrogen) atoms. The Morgan fingerprint density at radius 2 is 1.86 bits per heavy atom. The molecule has 1 aliphatic heterocycles. The molecule has 2 aromatic carbocycles. The fourth-order valence-electron chi connectivity index (χ4n) is 3.23. The average Bonchev–Trinajstić information content (AvgIpc) is 3.06. The number of anilines is 2. The zero-order chi connectivity index (χ0) is 21.3. The number of likely N-dealkylation sites (tertiary alicyclic amines) is 1. The Morgan fingerprint density at radius 1 is 1.21 bits per heavy atom. The highest BCUT2D eigenvalue weighted by Gasteiger charge is 2.32. The van der Waals surface area contributed by atoms with E-state index < -0.39 is 29.7 Å². The second-order valence-corrected chi connectivity index (χ2v) is 7.51. The summed E-state index contributed by atoms with van der Waals surface area (Å²) >= 11 is 11.9. The van der Waals surface area contributed by atoms with E-state index in [1.165, 1.54) is 12.1 Å². The first-order chi connectivity index (χ1) is 13.6. The van der Waals surface area contributed by atoms with Crippen LogP contribution in [0, 0.1) is 5.82 Å². The summed E-state index contributed by atoms with van der Waals surface area (Å²) in [5.41, 5.74) is -0.612. The predicted octanol–water partition coefficient (Wildman–Crippen LogP) is 5.20. The summed E-state index contributed by atoms with van der Waals surface area (Å²) in [6, 6.07) is 4.41. The standard InChI is InChI=1S/C19H16Cl2F4N2O2/c20-14-5-10(19(23,24)25)6-15(21)18(14)26-11-1-2-16(22)13(7-11)17(9-28)27-4-3-12(29)8-27/h1-2,5-7,9,12,17,26,29H,3-4,8H2. The molecule has 1 aliphatic rings. The highest BCUT2D eigenvalue weighted by Crippen LogP contribution is 2.40. The van der Waals surface area contributed by atoms with E-state index in [1.807, 2.05) is 0 Å². The third-order valence-corrected chi connectivity index (χ3v) is 5.27. The topological polar surface area (TPSA) is 52.6 Å². The first kappa shape index (κ1) is 21.8. The molecule has 0 spiro atoms. The number of carbonyl (C=O) groups excluding carboxylic acids is 1. The minimum Gasteiger partial charge on any atom is -0.392 e. The van der Waals surface area contributed by atoms with Crippen LogP contribution in [0.2, 0.25) is 10.0 Å². The van der Waals surface area contributed by atoms with Gasteiger partial charge >= 0.3 is 6.18 Å². The van der Waals surface area contributed by atoms with Gasteiger partial charge in [0.15, 0.2) is 0 Å². The summed E-state index contributed by atoms with van der Waals surface area (Å²) in [5.74, 6) is -0.626. The Hall–Kier alpha value is -1.87. The fourth-order valence-corrected chi connectivity index (χ4v) is 3.81. The molecule has 2 aromatic rings. The van der Waals surface area contributed by atoms with Crippen LogP contribution in [0.15, 0.2) is 30.3 Å². The summed E-state index contributed by atoms with van der Waals surface area (Å²) in [7, 11) is 0. The van der Waals surface area contributed by atoms with Crippen molar-refractivity contribution in [2.24, 2.45) is 0 Å². The molecule has 2 N–H and O–H groups in total. The number of hydrogen-bond donors (Lipinski definition) is 2. The second kappa shape index (κ2) is 8.47. The van der Waals surface area contributed by atoms with Gasteiger partial charge in [0.2, 0.25) is 0 Å². The average molecular weight is 451 g/mol. The number of carbonyl (C=O) groups is 1. The number of hydrogen-bond acceptors (Lipinski definition) is 4. The van der Waals surface area contributed by atoms with Gasteiger partial charge in [-0.2, -0.15) is 13.2 Å². The molecule has 0 saturated carbocycles. The van der Waals surface area contributed by atoms with E-state index in [0.29, 0.717) is 19.3 Å². The number of benzene rings is 2. The fraction of sp³-hybridized carbons (Fsp3) is 0.316. The van der Waals surface area contributed by atoms with Gasteiger partial charge < -0.3 is 15.2 Å². The number of rotatable bonds is 5. The number of halogens is 6. The van der Waals surface area contributed by atoms with Crippen LogP contribution in [0.5, 0.6) is 0 Å². The summed E-state index contributed by atoms with van der Waals surface area (Å²) < 4.78 is 53.0. The number of nitrogens with zero attached hydrogens (tertiary/aromatic N) is 1. The van der Waals surface area contributed by atoms with Gasteiger partial charge in [0, 0.05) is 24.3 Å². The van der Waals surface area contributed by atoms with Crippen molar-refractivity contribution < 1.29 is 27.5 Å². The maximum atomic E-state index is 14.4. The van der Waals surface area contributed by atoms with Crippen molar-refractivity contribution in [3.63, 3.8) is 0 Å². The molecule has 4 nitrogen and oxygen atoms in total. The van der Waals surface area contributed by atoms with Gasteiger partial charge in [0.05, 0.1) is 33.4 Å². The maximum Gasteiger partial charge on any atom is 0.416 e. The Balaban J connectivity index is 1.92. The molecular weight excluding hydrogens is 435 g/mol. The molecule has 2 atom stereocenters. The predicted molar refractivity (Wildman–Crippen MR) is 102 cm³/mol. The lowest BCUT2D eigenvalue weighted by molar-refractivity contribution is -0.137. The van der Waals surface area contributed by atoms with Gasteiger partial charge in [0.25, 0.3) is 0 Å². The van der Waals surface area contributed by atoms with Crippen molar-refractivity contribution in [3.05, 3.63) is 57.3 Å². The van der Waals surface area contributed by atoms with E-state index in [4.69, 9.17) is 23.2 Å². The summed E-state index contributed by atoms with van der Waals surface area (Å²) in [4.78, 5) is 13.3. The van der Waals surface area contributed by atoms with Gasteiger partial charge in [-0.25, -0.2) is 4.39 Å². The molecule has 3 rings (SSSR count). The third kappa shape index (κ3) is 4.83. The molecule has 10 heteroatoms. The van der Waals surface area contributed by atoms with Crippen molar-refractivity contribution in [1.29, 1.82) is 0 Å². The number of alkyl halides is 3. The first-order valence-corrected chi connectivity index (χ1v) is 9.36. The van der Waals surface area contributed by atoms with Crippen LogP contribution in [-0.4, -0.2) is 35.5 Å². The van der Waals surface area contributed by atoms with Crippen LogP contribution in [0.1, 0.15) is 23.6 Å². The van der Waals surface area contributed by atoms with E-state index in [0.717, 1.165) is 18.2 Å². The molecule has 1 fully saturated rings. The van der Waals surface area contributed by atoms with Crippen molar-refractivity contribution in [2.45, 2.75) is 24.7 Å². The molecule has 0 aromatic heterocycles. The first-order valence-electron chi connectivity index (χ1n) is 8.60. The van der Waals surface area contributed by atoms with E-state index in [-0.39, 0.29) is 33.5 Å². The lowest BCUT2D eigenvalue weighted by Crippen LogP contribution is -2.29. The van der Waals surface area contributed by atoms with E-state index in [2.05, 4.69) is 5.32 Å². The SMILES string of the molecule is O=CC(c1cc(Nc2c(Cl)cc(C(F)(F)F)cc2Cl)ccc1F)N1CCC(O)C1. The Bertz CT molecular complexity index is 901. The molecule has 0 radical (unpaired) electrons. The zero-order valence-corrected chi connectivity index (χ0v) is 16.3. The van der Waals surface area contributed by atoms with E-state index in [9.17, 15) is 27.5 Å². The molecule has 0 aliphatic carbocycles. The number of aliphatic hydroxyl groups is 1. The quantitative estimate of drug-likeness (QED) is 0.485. The van der Waals surface area contributed by atoms with Crippen molar-refractivity contribution in [2.75, 3.05) is 18.4 Å². The number of β-amino-alcohol motifs (C(OH)–C–C–N with tert-alkyl or cyclic N) is 1. The molecule has 1 heterocycles. The molecule has 2 unspecified atom stereocenters. The van der Waals surface area contributed by atoms with E-state index >= 15 is 0 Å². The van der Waals surface area contributed by atoms with Crippen molar-refractivity contribution in [3.8, 4) is 0 Å². The van der Waals surface area contributed by atoms with Crippen molar-refractivity contribution in [1.82, 2.24) is 4.90 Å².